The molecule has 1 saturated heterocycles. The number of fused-ring (bicyclic) bond motifs is 1. The zero-order valence-electron chi connectivity index (χ0n) is 15.0. The summed E-state index contributed by atoms with van der Waals surface area (Å²) in [6, 6.07) is 12.0. The van der Waals surface area contributed by atoms with Gasteiger partial charge in [0.05, 0.1) is 36.5 Å². The lowest BCUT2D eigenvalue weighted by Crippen LogP contribution is -3.14. The highest BCUT2D eigenvalue weighted by molar-refractivity contribution is 7.89. The SMILES string of the molecule is O=c1c2ccccc2nnn1C[NH+]1CCN(S(=O)(=O)c2cccc(F)c2)CC1. The Hall–Kier alpha value is -2.69. The van der Waals surface area contributed by atoms with E-state index in [1.54, 1.807) is 24.3 Å². The van der Waals surface area contributed by atoms with Gasteiger partial charge < -0.3 is 4.90 Å². The molecule has 0 unspecified atom stereocenters. The number of nitrogens with one attached hydrogen (secondary N) is 1. The average molecular weight is 404 g/mol. The lowest BCUT2D eigenvalue weighted by atomic mass is 10.2. The lowest BCUT2D eigenvalue weighted by molar-refractivity contribution is -0.927. The first-order valence-electron chi connectivity index (χ1n) is 8.87. The molecule has 0 saturated carbocycles. The van der Waals surface area contributed by atoms with Gasteiger partial charge in [0.1, 0.15) is 11.3 Å². The Morgan fingerprint density at radius 1 is 1.07 bits per heavy atom. The molecule has 2 heterocycles. The molecule has 1 aromatic heterocycles. The number of hydrogen-bond acceptors (Lipinski definition) is 5. The molecule has 4 rings (SSSR count). The summed E-state index contributed by atoms with van der Waals surface area (Å²) in [4.78, 5) is 13.5. The number of benzene rings is 2. The Morgan fingerprint density at radius 2 is 1.82 bits per heavy atom. The molecule has 2 aromatic carbocycles. The van der Waals surface area contributed by atoms with Gasteiger partial charge in [0.2, 0.25) is 10.0 Å². The van der Waals surface area contributed by atoms with Gasteiger partial charge >= 0.3 is 0 Å². The minimum absolute atomic E-state index is 0.0486. The van der Waals surface area contributed by atoms with Crippen LogP contribution < -0.4 is 10.5 Å². The minimum atomic E-state index is -3.73. The van der Waals surface area contributed by atoms with Crippen molar-refractivity contribution in [3.8, 4) is 0 Å². The summed E-state index contributed by atoms with van der Waals surface area (Å²) < 4.78 is 41.4. The predicted octanol–water partition coefficient (Wildman–Crippen LogP) is -0.522. The van der Waals surface area contributed by atoms with Crippen LogP contribution in [-0.4, -0.2) is 53.9 Å². The van der Waals surface area contributed by atoms with Crippen molar-refractivity contribution in [2.24, 2.45) is 0 Å². The molecular weight excluding hydrogens is 385 g/mol. The standard InChI is InChI=1S/C18H18FN5O3S/c19-14-4-3-5-15(12-14)28(26,27)23-10-8-22(9-11-23)13-24-18(25)16-6-1-2-7-17(16)20-21-24/h1-7,12H,8-11,13H2/p+1. The molecule has 3 aromatic rings. The Bertz CT molecular complexity index is 1170. The van der Waals surface area contributed by atoms with Crippen LogP contribution in [0.4, 0.5) is 4.39 Å². The van der Waals surface area contributed by atoms with Gasteiger partial charge in [-0.05, 0) is 30.3 Å². The summed E-state index contributed by atoms with van der Waals surface area (Å²) in [7, 11) is -3.73. The zero-order valence-corrected chi connectivity index (χ0v) is 15.8. The molecule has 0 radical (unpaired) electrons. The molecular formula is C18H19FN5O3S+. The van der Waals surface area contributed by atoms with Gasteiger partial charge in [-0.25, -0.2) is 12.8 Å². The van der Waals surface area contributed by atoms with E-state index in [4.69, 9.17) is 0 Å². The van der Waals surface area contributed by atoms with E-state index < -0.39 is 15.8 Å². The number of piperazine rings is 1. The van der Waals surface area contributed by atoms with Crippen molar-refractivity contribution >= 4 is 20.9 Å². The van der Waals surface area contributed by atoms with Crippen molar-refractivity contribution in [1.82, 2.24) is 19.3 Å². The van der Waals surface area contributed by atoms with E-state index >= 15 is 0 Å². The largest absolute Gasteiger partial charge is 0.314 e. The van der Waals surface area contributed by atoms with E-state index in [9.17, 15) is 17.6 Å². The number of hydrogen-bond donors (Lipinski definition) is 1. The summed E-state index contributed by atoms with van der Waals surface area (Å²) in [5.41, 5.74) is 0.331. The maximum Gasteiger partial charge on any atom is 0.282 e. The van der Waals surface area contributed by atoms with Crippen molar-refractivity contribution in [2.45, 2.75) is 11.6 Å². The highest BCUT2D eigenvalue weighted by atomic mass is 32.2. The molecule has 0 amide bonds. The van der Waals surface area contributed by atoms with E-state index in [0.29, 0.717) is 30.7 Å². The minimum Gasteiger partial charge on any atom is -0.314 e. The maximum absolute atomic E-state index is 13.4. The van der Waals surface area contributed by atoms with E-state index in [0.717, 1.165) is 11.0 Å². The molecule has 0 bridgehead atoms. The summed E-state index contributed by atoms with van der Waals surface area (Å²) in [5, 5.41) is 8.56. The highest BCUT2D eigenvalue weighted by Gasteiger charge is 2.31. The van der Waals surface area contributed by atoms with Crippen molar-refractivity contribution in [3.63, 3.8) is 0 Å². The van der Waals surface area contributed by atoms with Crippen LogP contribution in [0.5, 0.6) is 0 Å². The number of sulfonamides is 1. The molecule has 8 nitrogen and oxygen atoms in total. The van der Waals surface area contributed by atoms with E-state index in [-0.39, 0.29) is 23.5 Å². The van der Waals surface area contributed by atoms with Crippen LogP contribution in [0.3, 0.4) is 0 Å². The van der Waals surface area contributed by atoms with Gasteiger partial charge in [0.15, 0.2) is 6.67 Å². The predicted molar refractivity (Wildman–Crippen MR) is 99.7 cm³/mol. The Labute approximate surface area is 160 Å². The second kappa shape index (κ2) is 7.38. The molecule has 0 aliphatic carbocycles. The maximum atomic E-state index is 13.4. The molecule has 146 valence electrons. The first-order chi connectivity index (χ1) is 13.4. The Kier molecular flexibility index (Phi) is 4.92. The monoisotopic (exact) mass is 404 g/mol. The second-order valence-corrected chi connectivity index (χ2v) is 8.62. The molecule has 0 atom stereocenters. The molecule has 0 spiro atoms. The summed E-state index contributed by atoms with van der Waals surface area (Å²) in [6.07, 6.45) is 0. The van der Waals surface area contributed by atoms with Crippen LogP contribution in [-0.2, 0) is 16.7 Å². The Morgan fingerprint density at radius 3 is 2.57 bits per heavy atom. The van der Waals surface area contributed by atoms with Crippen LogP contribution >= 0.6 is 0 Å². The Balaban J connectivity index is 1.46. The van der Waals surface area contributed by atoms with Gasteiger partial charge in [-0.3, -0.25) is 4.79 Å². The van der Waals surface area contributed by atoms with Crippen LogP contribution in [0, 0.1) is 5.82 Å². The van der Waals surface area contributed by atoms with Crippen LogP contribution in [0.15, 0.2) is 58.2 Å². The molecule has 10 heteroatoms. The summed E-state index contributed by atoms with van der Waals surface area (Å²) in [5.74, 6) is -0.584. The third-order valence-corrected chi connectivity index (χ3v) is 6.76. The smallest absolute Gasteiger partial charge is 0.282 e. The van der Waals surface area contributed by atoms with Gasteiger partial charge in [0.25, 0.3) is 5.56 Å². The first kappa shape index (κ1) is 18.7. The number of nitrogens with zero attached hydrogens (tertiary/aromatic N) is 4. The summed E-state index contributed by atoms with van der Waals surface area (Å²) >= 11 is 0. The van der Waals surface area contributed by atoms with Gasteiger partial charge in [-0.15, -0.1) is 5.10 Å². The fourth-order valence-electron chi connectivity index (χ4n) is 3.32. The van der Waals surface area contributed by atoms with Crippen LogP contribution in [0.1, 0.15) is 0 Å². The third-order valence-electron chi connectivity index (χ3n) is 4.87. The van der Waals surface area contributed by atoms with Crippen molar-refractivity contribution in [2.75, 3.05) is 26.2 Å². The van der Waals surface area contributed by atoms with Crippen molar-refractivity contribution < 1.29 is 17.7 Å². The summed E-state index contributed by atoms with van der Waals surface area (Å²) in [6.45, 7) is 1.89. The van der Waals surface area contributed by atoms with Crippen LogP contribution in [0.2, 0.25) is 0 Å². The van der Waals surface area contributed by atoms with Crippen molar-refractivity contribution in [3.05, 3.63) is 64.7 Å². The molecule has 1 N–H and O–H groups in total. The molecule has 1 aliphatic heterocycles. The normalized spacial score (nSPS) is 16.5. The van der Waals surface area contributed by atoms with Crippen molar-refractivity contribution in [1.29, 1.82) is 0 Å². The third kappa shape index (κ3) is 3.53. The quantitative estimate of drug-likeness (QED) is 0.632. The first-order valence-corrected chi connectivity index (χ1v) is 10.3. The van der Waals surface area contributed by atoms with Crippen LogP contribution in [0.25, 0.3) is 10.9 Å². The fourth-order valence-corrected chi connectivity index (χ4v) is 4.79. The average Bonchev–Trinajstić information content (AvgIpc) is 2.71. The van der Waals surface area contributed by atoms with E-state index in [1.165, 1.54) is 27.2 Å². The van der Waals surface area contributed by atoms with E-state index in [2.05, 4.69) is 10.3 Å². The second-order valence-electron chi connectivity index (χ2n) is 6.68. The van der Waals surface area contributed by atoms with Gasteiger partial charge in [0, 0.05) is 0 Å². The molecule has 1 fully saturated rings. The number of quaternary nitrogens is 1. The topological polar surface area (TPSA) is 89.6 Å². The fraction of sp³-hybridized carbons (Fsp3) is 0.278. The highest BCUT2D eigenvalue weighted by Crippen LogP contribution is 2.16. The van der Waals surface area contributed by atoms with E-state index in [1.807, 2.05) is 0 Å². The molecule has 28 heavy (non-hydrogen) atoms. The van der Waals surface area contributed by atoms with Gasteiger partial charge in [-0.2, -0.15) is 8.99 Å². The molecule has 1 aliphatic rings. The number of halogens is 1. The zero-order chi connectivity index (χ0) is 19.7. The number of rotatable bonds is 4. The lowest BCUT2D eigenvalue weighted by Gasteiger charge is -2.31. The number of aromatic nitrogens is 3. The van der Waals surface area contributed by atoms with Gasteiger partial charge in [-0.1, -0.05) is 23.4 Å².